The third-order valence-corrected chi connectivity index (χ3v) is 6.70. The van der Waals surface area contributed by atoms with E-state index in [0.717, 1.165) is 52.1 Å². The molecule has 8 heteroatoms. The Bertz CT molecular complexity index is 979. The minimum absolute atomic E-state index is 0.0481. The number of rotatable bonds is 7. The summed E-state index contributed by atoms with van der Waals surface area (Å²) in [6, 6.07) is 10.1. The predicted octanol–water partition coefficient (Wildman–Crippen LogP) is 4.53. The van der Waals surface area contributed by atoms with Gasteiger partial charge in [-0.2, -0.15) is 0 Å². The number of aryl methyl sites for hydroxylation is 2. The van der Waals surface area contributed by atoms with E-state index in [9.17, 15) is 4.79 Å². The lowest BCUT2D eigenvalue weighted by Gasteiger charge is -2.14. The van der Waals surface area contributed by atoms with E-state index >= 15 is 0 Å². The zero-order valence-corrected chi connectivity index (χ0v) is 18.2. The van der Waals surface area contributed by atoms with Crippen molar-refractivity contribution in [2.24, 2.45) is 0 Å². The van der Waals surface area contributed by atoms with Crippen molar-refractivity contribution in [3.05, 3.63) is 46.8 Å². The SMILES string of the molecule is Cc1ccc(C)c(NC(=O)CSc2nnc(-c3cccs3)n2CC2CCCO2)c1. The molecule has 0 aliphatic carbocycles. The Labute approximate surface area is 178 Å². The highest BCUT2D eigenvalue weighted by Gasteiger charge is 2.22. The molecular weight excluding hydrogens is 404 g/mol. The zero-order valence-electron chi connectivity index (χ0n) is 16.6. The van der Waals surface area contributed by atoms with E-state index in [4.69, 9.17) is 4.74 Å². The summed E-state index contributed by atoms with van der Waals surface area (Å²) < 4.78 is 7.92. The molecule has 0 bridgehead atoms. The van der Waals surface area contributed by atoms with E-state index in [1.165, 1.54) is 11.8 Å². The number of hydrogen-bond acceptors (Lipinski definition) is 6. The average molecular weight is 429 g/mol. The number of nitrogens with one attached hydrogen (secondary N) is 1. The highest BCUT2D eigenvalue weighted by Crippen LogP contribution is 2.29. The van der Waals surface area contributed by atoms with Crippen LogP contribution >= 0.6 is 23.1 Å². The van der Waals surface area contributed by atoms with Gasteiger partial charge in [-0.3, -0.25) is 9.36 Å². The van der Waals surface area contributed by atoms with Gasteiger partial charge in [0.2, 0.25) is 5.91 Å². The van der Waals surface area contributed by atoms with Crippen LogP contribution in [-0.2, 0) is 16.1 Å². The van der Waals surface area contributed by atoms with Crippen molar-refractivity contribution in [2.45, 2.75) is 44.5 Å². The molecule has 3 aromatic rings. The summed E-state index contributed by atoms with van der Waals surface area (Å²) in [5.41, 5.74) is 3.03. The molecule has 1 aliphatic heterocycles. The Morgan fingerprint density at radius 2 is 2.24 bits per heavy atom. The number of ether oxygens (including phenoxy) is 1. The molecule has 1 unspecified atom stereocenters. The number of carbonyl (C=O) groups is 1. The highest BCUT2D eigenvalue weighted by molar-refractivity contribution is 7.99. The first-order valence-corrected chi connectivity index (χ1v) is 11.6. The Morgan fingerprint density at radius 3 is 3.00 bits per heavy atom. The van der Waals surface area contributed by atoms with Crippen LogP contribution in [0.2, 0.25) is 0 Å². The van der Waals surface area contributed by atoms with Gasteiger partial charge in [0.1, 0.15) is 0 Å². The first kappa shape index (κ1) is 20.1. The van der Waals surface area contributed by atoms with E-state index in [-0.39, 0.29) is 17.8 Å². The predicted molar refractivity (Wildman–Crippen MR) is 118 cm³/mol. The van der Waals surface area contributed by atoms with E-state index < -0.39 is 0 Å². The van der Waals surface area contributed by atoms with Gasteiger partial charge >= 0.3 is 0 Å². The Kier molecular flexibility index (Phi) is 6.32. The second-order valence-electron chi connectivity index (χ2n) is 7.18. The van der Waals surface area contributed by atoms with E-state index in [0.29, 0.717) is 6.54 Å². The normalized spacial score (nSPS) is 16.3. The summed E-state index contributed by atoms with van der Waals surface area (Å²) in [4.78, 5) is 13.6. The topological polar surface area (TPSA) is 69.0 Å². The van der Waals surface area contributed by atoms with Gasteiger partial charge in [0.15, 0.2) is 11.0 Å². The van der Waals surface area contributed by atoms with Crippen LogP contribution in [0.5, 0.6) is 0 Å². The van der Waals surface area contributed by atoms with Gasteiger partial charge in [-0.05, 0) is 55.3 Å². The lowest BCUT2D eigenvalue weighted by molar-refractivity contribution is -0.113. The van der Waals surface area contributed by atoms with Crippen LogP contribution in [0.3, 0.4) is 0 Å². The van der Waals surface area contributed by atoms with Crippen molar-refractivity contribution in [3.63, 3.8) is 0 Å². The maximum Gasteiger partial charge on any atom is 0.234 e. The number of carbonyl (C=O) groups excluding carboxylic acids is 1. The summed E-state index contributed by atoms with van der Waals surface area (Å²) in [7, 11) is 0. The Morgan fingerprint density at radius 1 is 1.34 bits per heavy atom. The Balaban J connectivity index is 1.47. The molecular formula is C21H24N4O2S2. The molecule has 0 spiro atoms. The smallest absolute Gasteiger partial charge is 0.234 e. The fraction of sp³-hybridized carbons (Fsp3) is 0.381. The van der Waals surface area contributed by atoms with Crippen LogP contribution in [0.4, 0.5) is 5.69 Å². The molecule has 152 valence electrons. The lowest BCUT2D eigenvalue weighted by Crippen LogP contribution is -2.18. The molecule has 0 radical (unpaired) electrons. The fourth-order valence-electron chi connectivity index (χ4n) is 3.33. The molecule has 2 aromatic heterocycles. The van der Waals surface area contributed by atoms with Crippen molar-refractivity contribution in [1.82, 2.24) is 14.8 Å². The van der Waals surface area contributed by atoms with Gasteiger partial charge in [0, 0.05) is 12.3 Å². The fourth-order valence-corrected chi connectivity index (χ4v) is 4.79. The second-order valence-corrected chi connectivity index (χ2v) is 9.07. The maximum atomic E-state index is 12.5. The lowest BCUT2D eigenvalue weighted by atomic mass is 10.1. The molecule has 3 heterocycles. The number of hydrogen-bond donors (Lipinski definition) is 1. The number of benzene rings is 1. The van der Waals surface area contributed by atoms with Gasteiger partial charge in [-0.15, -0.1) is 21.5 Å². The van der Waals surface area contributed by atoms with Crippen LogP contribution in [0.1, 0.15) is 24.0 Å². The van der Waals surface area contributed by atoms with Gasteiger partial charge in [-0.25, -0.2) is 0 Å². The van der Waals surface area contributed by atoms with Crippen molar-refractivity contribution >= 4 is 34.7 Å². The minimum Gasteiger partial charge on any atom is -0.376 e. The monoisotopic (exact) mass is 428 g/mol. The molecule has 1 aromatic carbocycles. The third-order valence-electron chi connectivity index (χ3n) is 4.87. The van der Waals surface area contributed by atoms with Crippen LogP contribution in [0, 0.1) is 13.8 Å². The number of anilines is 1. The molecule has 1 amide bonds. The van der Waals surface area contributed by atoms with Crippen molar-refractivity contribution in [3.8, 4) is 10.7 Å². The molecule has 1 saturated heterocycles. The van der Waals surface area contributed by atoms with Crippen LogP contribution < -0.4 is 5.32 Å². The third kappa shape index (κ3) is 4.88. The van der Waals surface area contributed by atoms with Crippen LogP contribution in [-0.4, -0.2) is 39.1 Å². The zero-order chi connectivity index (χ0) is 20.2. The van der Waals surface area contributed by atoms with E-state index in [1.54, 1.807) is 11.3 Å². The molecule has 1 atom stereocenters. The van der Waals surface area contributed by atoms with Crippen molar-refractivity contribution in [2.75, 3.05) is 17.7 Å². The number of aromatic nitrogens is 3. The number of thioether (sulfide) groups is 1. The quantitative estimate of drug-likeness (QED) is 0.560. The number of amides is 1. The molecule has 6 nitrogen and oxygen atoms in total. The molecule has 4 rings (SSSR count). The summed E-state index contributed by atoms with van der Waals surface area (Å²) in [5, 5.41) is 14.6. The van der Waals surface area contributed by atoms with Crippen LogP contribution in [0.25, 0.3) is 10.7 Å². The molecule has 1 N–H and O–H groups in total. The average Bonchev–Trinajstić information content (AvgIpc) is 3.45. The summed E-state index contributed by atoms with van der Waals surface area (Å²) in [6.07, 6.45) is 2.30. The van der Waals surface area contributed by atoms with Crippen molar-refractivity contribution < 1.29 is 9.53 Å². The Hall–Kier alpha value is -2.16. The van der Waals surface area contributed by atoms with Gasteiger partial charge in [-0.1, -0.05) is 30.0 Å². The minimum atomic E-state index is -0.0481. The molecule has 0 saturated carbocycles. The second kappa shape index (κ2) is 9.11. The molecule has 29 heavy (non-hydrogen) atoms. The van der Waals surface area contributed by atoms with E-state index in [1.807, 2.05) is 49.6 Å². The summed E-state index contributed by atoms with van der Waals surface area (Å²) >= 11 is 3.05. The number of thiophene rings is 1. The van der Waals surface area contributed by atoms with Gasteiger partial charge in [0.05, 0.1) is 23.3 Å². The van der Waals surface area contributed by atoms with E-state index in [2.05, 4.69) is 20.1 Å². The first-order chi connectivity index (χ1) is 14.1. The number of nitrogens with zero attached hydrogens (tertiary/aromatic N) is 3. The highest BCUT2D eigenvalue weighted by atomic mass is 32.2. The van der Waals surface area contributed by atoms with Gasteiger partial charge in [0.25, 0.3) is 0 Å². The summed E-state index contributed by atoms with van der Waals surface area (Å²) in [6.45, 7) is 5.53. The first-order valence-electron chi connectivity index (χ1n) is 9.69. The largest absolute Gasteiger partial charge is 0.376 e. The molecule has 1 fully saturated rings. The standard InChI is InChI=1S/C21H24N4O2S2/c1-14-7-8-15(2)17(11-14)22-19(26)13-29-21-24-23-20(18-6-4-10-28-18)25(21)12-16-5-3-9-27-16/h4,6-8,10-11,16H,3,5,9,12-13H2,1-2H3,(H,22,26). The maximum absolute atomic E-state index is 12.5. The summed E-state index contributed by atoms with van der Waals surface area (Å²) in [5.74, 6) is 1.07. The molecule has 1 aliphatic rings. The van der Waals surface area contributed by atoms with Crippen molar-refractivity contribution in [1.29, 1.82) is 0 Å². The van der Waals surface area contributed by atoms with Gasteiger partial charge < -0.3 is 10.1 Å². The van der Waals surface area contributed by atoms with Crippen LogP contribution in [0.15, 0.2) is 40.9 Å².